The van der Waals surface area contributed by atoms with Gasteiger partial charge in [0.1, 0.15) is 17.9 Å². The Morgan fingerprint density at radius 3 is 2.71 bits per heavy atom. The number of phosphoric acid groups is 1. The predicted molar refractivity (Wildman–Crippen MR) is 101 cm³/mol. The summed E-state index contributed by atoms with van der Waals surface area (Å²) in [5.74, 6) is 0.212. The van der Waals surface area contributed by atoms with E-state index in [9.17, 15) is 14.0 Å². The van der Waals surface area contributed by atoms with Crippen LogP contribution in [0.1, 0.15) is 6.23 Å². The number of rotatable bonds is 7. The molecule has 1 fully saturated rings. The normalized spacial score (nSPS) is 29.6. The Balaban J connectivity index is 1.79. The minimum absolute atomic E-state index is 0.212. The van der Waals surface area contributed by atoms with Gasteiger partial charge in [-0.2, -0.15) is 0 Å². The van der Waals surface area contributed by atoms with Crippen LogP contribution in [-0.4, -0.2) is 67.6 Å². The number of hydrogen-bond acceptors (Lipinski definition) is 10. The van der Waals surface area contributed by atoms with Gasteiger partial charge in [-0.25, -0.2) is 23.8 Å². The molecule has 2 aromatic rings. The third-order valence-electron chi connectivity index (χ3n) is 3.99. The molecule has 0 spiro atoms. The van der Waals surface area contributed by atoms with E-state index < -0.39 is 33.9 Å². The molecule has 3 rings (SSSR count). The summed E-state index contributed by atoms with van der Waals surface area (Å²) < 4.78 is 45.1. The van der Waals surface area contributed by atoms with Gasteiger partial charge >= 0.3 is 15.4 Å². The number of nitrogen functional groups attached to an aromatic ring is 1. The number of aromatic nitrogens is 4. The van der Waals surface area contributed by atoms with Crippen LogP contribution in [0.2, 0.25) is 0 Å². The number of imidazole rings is 1. The molecule has 0 amide bonds. The summed E-state index contributed by atoms with van der Waals surface area (Å²) in [6, 6.07) is 0. The van der Waals surface area contributed by atoms with Gasteiger partial charge in [0.25, 0.3) is 0 Å². The number of fused-ring (bicyclic) bond motifs is 1. The summed E-state index contributed by atoms with van der Waals surface area (Å²) in [5, 5.41) is 0. The molecule has 28 heavy (non-hydrogen) atoms. The molecule has 0 aromatic carbocycles. The Kier molecular flexibility index (Phi) is 6.22. The van der Waals surface area contributed by atoms with E-state index >= 15 is 0 Å². The highest BCUT2D eigenvalue weighted by Crippen LogP contribution is 2.58. The van der Waals surface area contributed by atoms with Gasteiger partial charge < -0.3 is 25.0 Å². The van der Waals surface area contributed by atoms with Gasteiger partial charge in [-0.1, -0.05) is 0 Å². The van der Waals surface area contributed by atoms with E-state index in [0.29, 0.717) is 11.2 Å². The fourth-order valence-electron chi connectivity index (χ4n) is 2.84. The van der Waals surface area contributed by atoms with Crippen molar-refractivity contribution in [2.45, 2.75) is 24.1 Å². The van der Waals surface area contributed by atoms with E-state index in [1.807, 2.05) is 0 Å². The first-order valence-electron chi connectivity index (χ1n) is 7.88. The lowest BCUT2D eigenvalue weighted by Gasteiger charge is -2.20. The van der Waals surface area contributed by atoms with Crippen LogP contribution in [0.15, 0.2) is 12.7 Å². The van der Waals surface area contributed by atoms with Crippen molar-refractivity contribution in [2.75, 3.05) is 26.1 Å². The molecule has 0 aliphatic carbocycles. The van der Waals surface area contributed by atoms with Crippen molar-refractivity contribution >= 4 is 41.6 Å². The molecule has 156 valence electrons. The molecule has 0 radical (unpaired) electrons. The number of nitrogens with zero attached hydrogens (tertiary/aromatic N) is 4. The first kappa shape index (κ1) is 21.7. The monoisotopic (exact) mass is 455 g/mol. The molecule has 0 bridgehead atoms. The Morgan fingerprint density at radius 1 is 1.36 bits per heavy atom. The molecule has 4 N–H and O–H groups in total. The molecule has 2 aromatic heterocycles. The van der Waals surface area contributed by atoms with Crippen molar-refractivity contribution in [1.82, 2.24) is 19.5 Å². The summed E-state index contributed by atoms with van der Waals surface area (Å²) in [7, 11) is -4.94. The van der Waals surface area contributed by atoms with Crippen molar-refractivity contribution in [2.24, 2.45) is 0 Å². The van der Waals surface area contributed by atoms with Crippen molar-refractivity contribution in [3.8, 4) is 0 Å². The van der Waals surface area contributed by atoms with E-state index in [1.165, 1.54) is 19.8 Å². The van der Waals surface area contributed by atoms with Crippen LogP contribution in [0.3, 0.4) is 0 Å². The van der Waals surface area contributed by atoms with E-state index in [0.717, 1.165) is 6.66 Å². The lowest BCUT2D eigenvalue weighted by Crippen LogP contribution is -2.30. The quantitative estimate of drug-likeness (QED) is 0.493. The van der Waals surface area contributed by atoms with Crippen molar-refractivity contribution < 1.29 is 37.2 Å². The highest BCUT2D eigenvalue weighted by Gasteiger charge is 2.45. The average molecular weight is 455 g/mol. The van der Waals surface area contributed by atoms with Gasteiger partial charge in [0, 0.05) is 19.4 Å². The average Bonchev–Trinajstić information content (AvgIpc) is 3.12. The second kappa shape index (κ2) is 8.02. The summed E-state index contributed by atoms with van der Waals surface area (Å²) in [6.45, 7) is 0.389. The van der Waals surface area contributed by atoms with Gasteiger partial charge in [-0.05, 0) is 0 Å². The summed E-state index contributed by atoms with van der Waals surface area (Å²) in [6.07, 6.45) is 0.876. The molecule has 3 unspecified atom stereocenters. The third kappa shape index (κ3) is 4.59. The third-order valence-corrected chi connectivity index (χ3v) is 7.32. The fraction of sp³-hybridized carbons (Fsp3) is 0.583. The smallest absolute Gasteiger partial charge is 0.382 e. The van der Waals surface area contributed by atoms with Crippen molar-refractivity contribution in [3.63, 3.8) is 0 Å². The Morgan fingerprint density at radius 2 is 2.07 bits per heavy atom. The standard InChI is InChI=1S/C12H20N5O8P3/c1-22-8-9(26)6(3-23-28(20,21)25-27(2,18)19)24-12(8)17-5-16-7-10(13)14-4-15-11(7)17/h4-6,8-9,12H,3,26H2,1-2H3,(H,18,19)(H,20,21)(H2,13,14,15)/t6-,8-,9-,12-/m1/s1. The van der Waals surface area contributed by atoms with Crippen LogP contribution in [0.4, 0.5) is 5.82 Å². The van der Waals surface area contributed by atoms with Gasteiger partial charge in [-0.15, -0.1) is 9.24 Å². The first-order chi connectivity index (χ1) is 13.0. The zero-order valence-corrected chi connectivity index (χ0v) is 17.8. The van der Waals surface area contributed by atoms with Crippen LogP contribution < -0.4 is 5.73 Å². The van der Waals surface area contributed by atoms with Gasteiger partial charge in [-0.3, -0.25) is 13.7 Å². The maximum Gasteiger partial charge on any atom is 0.479 e. The number of anilines is 1. The Labute approximate surface area is 161 Å². The zero-order chi connectivity index (χ0) is 20.7. The van der Waals surface area contributed by atoms with Gasteiger partial charge in [0.2, 0.25) is 0 Å². The number of phosphoric ester groups is 1. The van der Waals surface area contributed by atoms with E-state index in [1.54, 1.807) is 4.57 Å². The number of hydrogen-bond donors (Lipinski definition) is 3. The molecule has 3 heterocycles. The van der Waals surface area contributed by atoms with Crippen molar-refractivity contribution in [3.05, 3.63) is 12.7 Å². The second-order valence-corrected chi connectivity index (χ2v) is 10.3. The minimum Gasteiger partial charge on any atom is -0.382 e. The molecular weight excluding hydrogens is 435 g/mol. The highest BCUT2D eigenvalue weighted by molar-refractivity contribution is 7.63. The maximum absolute atomic E-state index is 11.8. The van der Waals surface area contributed by atoms with Crippen LogP contribution in [0.5, 0.6) is 0 Å². The summed E-state index contributed by atoms with van der Waals surface area (Å²) in [4.78, 5) is 30.9. The molecule has 13 nitrogen and oxygen atoms in total. The molecule has 16 heteroatoms. The molecule has 1 aliphatic rings. The van der Waals surface area contributed by atoms with E-state index in [-0.39, 0.29) is 18.1 Å². The minimum atomic E-state index is -4.75. The maximum atomic E-state index is 11.8. The molecule has 1 aliphatic heterocycles. The lowest BCUT2D eigenvalue weighted by atomic mass is 10.2. The molecule has 0 saturated carbocycles. The molecular formula is C12H20N5O8P3. The van der Waals surface area contributed by atoms with Crippen molar-refractivity contribution in [1.29, 1.82) is 0 Å². The fourth-order valence-corrected chi connectivity index (χ4v) is 5.44. The highest BCUT2D eigenvalue weighted by atomic mass is 31.3. The van der Waals surface area contributed by atoms with Gasteiger partial charge in [0.15, 0.2) is 17.7 Å². The number of methoxy groups -OCH3 is 1. The number of nitrogens with two attached hydrogens (primary N) is 1. The van der Waals surface area contributed by atoms with Crippen LogP contribution in [0, 0.1) is 0 Å². The lowest BCUT2D eigenvalue weighted by molar-refractivity contribution is -0.0576. The summed E-state index contributed by atoms with van der Waals surface area (Å²) >= 11 is 0. The SMILES string of the molecule is CO[C@@H]1[C@H](P)[C@@H](COP(=O)(O)OP(C)(=O)O)O[C@H]1n1cnc2c(N)ncnc21. The topological polar surface area (TPSA) is 181 Å². The summed E-state index contributed by atoms with van der Waals surface area (Å²) in [5.41, 5.74) is 6.28. The van der Waals surface area contributed by atoms with Crippen LogP contribution in [0.25, 0.3) is 11.2 Å². The molecule has 1 saturated heterocycles. The number of ether oxygens (including phenoxy) is 2. The van der Waals surface area contributed by atoms with E-state index in [4.69, 9.17) is 24.6 Å². The van der Waals surface area contributed by atoms with Gasteiger partial charge in [0.05, 0.1) is 19.0 Å². The largest absolute Gasteiger partial charge is 0.479 e. The van der Waals surface area contributed by atoms with Crippen LogP contribution >= 0.6 is 24.7 Å². The zero-order valence-electron chi connectivity index (χ0n) is 14.9. The van der Waals surface area contributed by atoms with Crippen LogP contribution in [-0.2, 0) is 27.4 Å². The second-order valence-electron chi connectivity index (χ2n) is 6.07. The molecule has 7 atom stereocenters. The Hall–Kier alpha value is -1.00. The Bertz CT molecular complexity index is 950. The first-order valence-corrected chi connectivity index (χ1v) is 12.1. The predicted octanol–water partition coefficient (Wildman–Crippen LogP) is 0.513. The van der Waals surface area contributed by atoms with E-state index in [2.05, 4.69) is 28.5 Å².